The van der Waals surface area contributed by atoms with Crippen LogP contribution in [0, 0.1) is 5.41 Å². The van der Waals surface area contributed by atoms with Crippen molar-refractivity contribution in [3.63, 3.8) is 0 Å². The van der Waals surface area contributed by atoms with Crippen molar-refractivity contribution in [3.8, 4) is 0 Å². The van der Waals surface area contributed by atoms with Crippen LogP contribution in [-0.2, 0) is 24.2 Å². The molecule has 162 valence electrons. The Bertz CT molecular complexity index is 704. The van der Waals surface area contributed by atoms with Gasteiger partial charge in [-0.05, 0) is 32.6 Å². The number of carbonyl (C=O) groups excluding carboxylic acids is 1. The largest absolute Gasteiger partial charge is 0.357 e. The monoisotopic (exact) mass is 403 g/mol. The molecule has 1 saturated carbocycles. The van der Waals surface area contributed by atoms with Crippen LogP contribution in [0.4, 0.5) is 0 Å². The van der Waals surface area contributed by atoms with Crippen LogP contribution < -0.4 is 10.6 Å². The second-order valence-electron chi connectivity index (χ2n) is 8.55. The van der Waals surface area contributed by atoms with Crippen LogP contribution in [-0.4, -0.2) is 65.3 Å². The average Bonchev–Trinajstić information content (AvgIpc) is 3.27. The zero-order valence-electron chi connectivity index (χ0n) is 18.3. The first kappa shape index (κ1) is 21.6. The number of aryl methyl sites for hydroxylation is 1. The Labute approximate surface area is 174 Å². The van der Waals surface area contributed by atoms with Gasteiger partial charge >= 0.3 is 0 Å². The molecule has 1 fully saturated rings. The van der Waals surface area contributed by atoms with E-state index >= 15 is 0 Å². The fourth-order valence-corrected chi connectivity index (χ4v) is 4.56. The lowest BCUT2D eigenvalue weighted by atomic mass is 9.85. The van der Waals surface area contributed by atoms with E-state index in [1.807, 2.05) is 14.1 Å². The molecule has 8 nitrogen and oxygen atoms in total. The second kappa shape index (κ2) is 10.1. The number of fused-ring (bicyclic) bond motifs is 1. The van der Waals surface area contributed by atoms with Crippen LogP contribution >= 0.6 is 0 Å². The van der Waals surface area contributed by atoms with Crippen molar-refractivity contribution in [1.82, 2.24) is 30.3 Å². The minimum Gasteiger partial charge on any atom is -0.357 e. The minimum atomic E-state index is -0.337. The van der Waals surface area contributed by atoms with Crippen molar-refractivity contribution < 1.29 is 4.79 Å². The van der Waals surface area contributed by atoms with Crippen LogP contribution in [0.2, 0.25) is 0 Å². The lowest BCUT2D eigenvalue weighted by Crippen LogP contribution is -2.43. The van der Waals surface area contributed by atoms with E-state index in [0.717, 1.165) is 75.8 Å². The SMILES string of the molecule is CCNC(=NCC1(C(=O)N(C)C)CCCC1)NCCc1nnc2n1CCCCC2. The summed E-state index contributed by atoms with van der Waals surface area (Å²) in [5.41, 5.74) is -0.337. The molecule has 2 N–H and O–H groups in total. The van der Waals surface area contributed by atoms with Crippen LogP contribution in [0.5, 0.6) is 0 Å². The first-order valence-corrected chi connectivity index (χ1v) is 11.2. The number of nitrogens with one attached hydrogen (secondary N) is 2. The molecule has 1 aromatic heterocycles. The summed E-state index contributed by atoms with van der Waals surface area (Å²) >= 11 is 0. The summed E-state index contributed by atoms with van der Waals surface area (Å²) in [5, 5.41) is 15.5. The predicted octanol–water partition coefficient (Wildman–Crippen LogP) is 1.75. The smallest absolute Gasteiger partial charge is 0.230 e. The molecule has 0 unspecified atom stereocenters. The van der Waals surface area contributed by atoms with Crippen molar-refractivity contribution in [2.75, 3.05) is 33.7 Å². The summed E-state index contributed by atoms with van der Waals surface area (Å²) in [4.78, 5) is 19.3. The molecular formula is C21H37N7O. The Morgan fingerprint density at radius 2 is 1.93 bits per heavy atom. The highest BCUT2D eigenvalue weighted by molar-refractivity contribution is 5.84. The van der Waals surface area contributed by atoms with Gasteiger partial charge in [0.15, 0.2) is 5.96 Å². The van der Waals surface area contributed by atoms with Gasteiger partial charge in [-0.15, -0.1) is 10.2 Å². The molecule has 1 amide bonds. The van der Waals surface area contributed by atoms with E-state index in [-0.39, 0.29) is 11.3 Å². The molecule has 1 aliphatic heterocycles. The van der Waals surface area contributed by atoms with E-state index in [1.54, 1.807) is 4.90 Å². The van der Waals surface area contributed by atoms with Gasteiger partial charge in [0.1, 0.15) is 11.6 Å². The van der Waals surface area contributed by atoms with Gasteiger partial charge in [-0.25, -0.2) is 0 Å². The first-order chi connectivity index (χ1) is 14.1. The molecule has 8 heteroatoms. The minimum absolute atomic E-state index is 0.209. The summed E-state index contributed by atoms with van der Waals surface area (Å²) in [6.45, 7) is 5.17. The van der Waals surface area contributed by atoms with Gasteiger partial charge in [-0.3, -0.25) is 9.79 Å². The summed E-state index contributed by atoms with van der Waals surface area (Å²) in [6, 6.07) is 0. The maximum Gasteiger partial charge on any atom is 0.230 e. The van der Waals surface area contributed by atoms with E-state index < -0.39 is 0 Å². The standard InChI is InChI=1S/C21H37N7O/c1-4-22-20(24-16-21(12-7-8-13-21)19(29)27(2)3)23-14-11-18-26-25-17-10-6-5-9-15-28(17)18/h4-16H2,1-3H3,(H2,22,23,24). The van der Waals surface area contributed by atoms with Gasteiger partial charge in [0.2, 0.25) is 5.91 Å². The number of guanidine groups is 1. The van der Waals surface area contributed by atoms with Crippen molar-refractivity contribution in [3.05, 3.63) is 11.6 Å². The van der Waals surface area contributed by atoms with Crippen molar-refractivity contribution >= 4 is 11.9 Å². The van der Waals surface area contributed by atoms with Crippen molar-refractivity contribution in [2.45, 2.75) is 71.3 Å². The highest BCUT2D eigenvalue weighted by Gasteiger charge is 2.42. The number of aliphatic imine (C=N–C) groups is 1. The fraction of sp³-hybridized carbons (Fsp3) is 0.810. The third-order valence-electron chi connectivity index (χ3n) is 6.13. The van der Waals surface area contributed by atoms with Gasteiger partial charge in [0.25, 0.3) is 0 Å². The molecular weight excluding hydrogens is 366 g/mol. The summed E-state index contributed by atoms with van der Waals surface area (Å²) in [5.74, 6) is 3.17. The summed E-state index contributed by atoms with van der Waals surface area (Å²) in [7, 11) is 3.69. The van der Waals surface area contributed by atoms with Crippen molar-refractivity contribution in [2.24, 2.45) is 10.4 Å². The van der Waals surface area contributed by atoms with Gasteiger partial charge in [0, 0.05) is 46.6 Å². The van der Waals surface area contributed by atoms with Gasteiger partial charge < -0.3 is 20.1 Å². The zero-order valence-corrected chi connectivity index (χ0v) is 18.3. The lowest BCUT2D eigenvalue weighted by Gasteiger charge is -2.29. The first-order valence-electron chi connectivity index (χ1n) is 11.2. The number of hydrogen-bond donors (Lipinski definition) is 2. The molecule has 0 spiro atoms. The molecule has 0 saturated heterocycles. The molecule has 2 aliphatic rings. The average molecular weight is 404 g/mol. The second-order valence-corrected chi connectivity index (χ2v) is 8.55. The Balaban J connectivity index is 1.60. The van der Waals surface area contributed by atoms with E-state index in [2.05, 4.69) is 32.3 Å². The number of amides is 1. The zero-order chi connectivity index (χ0) is 20.7. The fourth-order valence-electron chi connectivity index (χ4n) is 4.56. The van der Waals surface area contributed by atoms with Gasteiger partial charge in [-0.1, -0.05) is 19.3 Å². The number of hydrogen-bond acceptors (Lipinski definition) is 4. The number of rotatable bonds is 7. The van der Waals surface area contributed by atoms with Crippen LogP contribution in [0.25, 0.3) is 0 Å². The molecule has 0 radical (unpaired) electrons. The van der Waals surface area contributed by atoms with E-state index in [0.29, 0.717) is 6.54 Å². The van der Waals surface area contributed by atoms with Gasteiger partial charge in [-0.2, -0.15) is 0 Å². The maximum atomic E-state index is 12.8. The maximum absolute atomic E-state index is 12.8. The third-order valence-corrected chi connectivity index (χ3v) is 6.13. The molecule has 29 heavy (non-hydrogen) atoms. The summed E-state index contributed by atoms with van der Waals surface area (Å²) < 4.78 is 2.29. The molecule has 1 aromatic rings. The Morgan fingerprint density at radius 3 is 2.66 bits per heavy atom. The van der Waals surface area contributed by atoms with Crippen LogP contribution in [0.1, 0.15) is 63.5 Å². The highest BCUT2D eigenvalue weighted by atomic mass is 16.2. The molecule has 2 heterocycles. The molecule has 0 bridgehead atoms. The number of nitrogens with zero attached hydrogens (tertiary/aromatic N) is 5. The van der Waals surface area contributed by atoms with Crippen LogP contribution in [0.3, 0.4) is 0 Å². The predicted molar refractivity (Wildman–Crippen MR) is 115 cm³/mol. The highest BCUT2D eigenvalue weighted by Crippen LogP contribution is 2.39. The van der Waals surface area contributed by atoms with E-state index in [4.69, 9.17) is 4.99 Å². The Kier molecular flexibility index (Phi) is 7.50. The van der Waals surface area contributed by atoms with E-state index in [9.17, 15) is 4.79 Å². The third kappa shape index (κ3) is 5.28. The molecule has 3 rings (SSSR count). The normalized spacial score (nSPS) is 18.8. The topological polar surface area (TPSA) is 87.4 Å². The lowest BCUT2D eigenvalue weighted by molar-refractivity contribution is -0.138. The van der Waals surface area contributed by atoms with E-state index in [1.165, 1.54) is 19.3 Å². The Hall–Kier alpha value is -2.12. The summed E-state index contributed by atoms with van der Waals surface area (Å²) in [6.07, 6.45) is 9.61. The van der Waals surface area contributed by atoms with Crippen LogP contribution in [0.15, 0.2) is 4.99 Å². The number of carbonyl (C=O) groups is 1. The quantitative estimate of drug-likeness (QED) is 0.535. The molecule has 0 aromatic carbocycles. The number of aromatic nitrogens is 3. The van der Waals surface area contributed by atoms with Gasteiger partial charge in [0.05, 0.1) is 12.0 Å². The van der Waals surface area contributed by atoms with Crippen molar-refractivity contribution in [1.29, 1.82) is 0 Å². The molecule has 0 atom stereocenters. The Morgan fingerprint density at radius 1 is 1.14 bits per heavy atom. The molecule has 1 aliphatic carbocycles.